The molecule has 0 radical (unpaired) electrons. The second-order valence-electron chi connectivity index (χ2n) is 4.51. The molecule has 18 heavy (non-hydrogen) atoms. The highest BCUT2D eigenvalue weighted by atomic mass is 32.2. The van der Waals surface area contributed by atoms with Crippen molar-refractivity contribution in [2.24, 2.45) is 5.92 Å². The van der Waals surface area contributed by atoms with Crippen molar-refractivity contribution in [3.8, 4) is 5.75 Å². The Kier molecular flexibility index (Phi) is 4.58. The minimum Gasteiger partial charge on any atom is -0.495 e. The SMILES string of the molecule is COc1cc(NCC2CCSCC2)c(F)cc1N. The van der Waals surface area contributed by atoms with Crippen LogP contribution in [0.2, 0.25) is 0 Å². The van der Waals surface area contributed by atoms with E-state index in [0.717, 1.165) is 6.54 Å². The largest absolute Gasteiger partial charge is 0.495 e. The van der Waals surface area contributed by atoms with Crippen LogP contribution in [0.4, 0.5) is 15.8 Å². The lowest BCUT2D eigenvalue weighted by molar-refractivity contribution is 0.416. The Hall–Kier alpha value is -1.10. The molecular weight excluding hydrogens is 251 g/mol. The van der Waals surface area contributed by atoms with Gasteiger partial charge in [0.25, 0.3) is 0 Å². The van der Waals surface area contributed by atoms with Crippen LogP contribution in [0.1, 0.15) is 12.8 Å². The molecule has 0 aliphatic carbocycles. The zero-order valence-corrected chi connectivity index (χ0v) is 11.4. The fourth-order valence-corrected chi connectivity index (χ4v) is 3.29. The smallest absolute Gasteiger partial charge is 0.148 e. The molecule has 1 heterocycles. The van der Waals surface area contributed by atoms with E-state index in [-0.39, 0.29) is 5.82 Å². The van der Waals surface area contributed by atoms with E-state index >= 15 is 0 Å². The number of nitrogen functional groups attached to an aromatic ring is 1. The first kappa shape index (κ1) is 13.3. The average Bonchev–Trinajstić information content (AvgIpc) is 2.39. The normalized spacial score (nSPS) is 16.6. The number of nitrogens with one attached hydrogen (secondary N) is 1. The number of methoxy groups -OCH3 is 1. The zero-order valence-electron chi connectivity index (χ0n) is 10.5. The van der Waals surface area contributed by atoms with E-state index in [9.17, 15) is 4.39 Å². The van der Waals surface area contributed by atoms with E-state index in [2.05, 4.69) is 5.32 Å². The first-order chi connectivity index (χ1) is 8.70. The monoisotopic (exact) mass is 270 g/mol. The molecule has 100 valence electrons. The van der Waals surface area contributed by atoms with Crippen LogP contribution in [-0.4, -0.2) is 25.2 Å². The van der Waals surface area contributed by atoms with Gasteiger partial charge in [-0.05, 0) is 30.3 Å². The maximum atomic E-state index is 13.7. The van der Waals surface area contributed by atoms with E-state index < -0.39 is 0 Å². The van der Waals surface area contributed by atoms with Gasteiger partial charge in [0.15, 0.2) is 0 Å². The van der Waals surface area contributed by atoms with Crippen LogP contribution in [0.15, 0.2) is 12.1 Å². The summed E-state index contributed by atoms with van der Waals surface area (Å²) in [5, 5.41) is 3.16. The van der Waals surface area contributed by atoms with Gasteiger partial charge in [0, 0.05) is 18.7 Å². The van der Waals surface area contributed by atoms with Gasteiger partial charge in [0.1, 0.15) is 11.6 Å². The number of hydrogen-bond acceptors (Lipinski definition) is 4. The molecule has 3 N–H and O–H groups in total. The van der Waals surface area contributed by atoms with Gasteiger partial charge in [-0.1, -0.05) is 0 Å². The molecule has 0 saturated carbocycles. The molecule has 0 amide bonds. The van der Waals surface area contributed by atoms with Crippen molar-refractivity contribution in [2.45, 2.75) is 12.8 Å². The molecular formula is C13H19FN2OS. The lowest BCUT2D eigenvalue weighted by atomic mass is 10.0. The van der Waals surface area contributed by atoms with Crippen molar-refractivity contribution >= 4 is 23.1 Å². The number of hydrogen-bond donors (Lipinski definition) is 2. The third-order valence-corrected chi connectivity index (χ3v) is 4.29. The Bertz CT molecular complexity index is 408. The number of ether oxygens (including phenoxy) is 1. The van der Waals surface area contributed by atoms with Crippen molar-refractivity contribution in [3.63, 3.8) is 0 Å². The van der Waals surface area contributed by atoms with Gasteiger partial charge in [-0.2, -0.15) is 11.8 Å². The van der Waals surface area contributed by atoms with E-state index in [4.69, 9.17) is 10.5 Å². The molecule has 0 atom stereocenters. The van der Waals surface area contributed by atoms with Gasteiger partial charge in [-0.3, -0.25) is 0 Å². The van der Waals surface area contributed by atoms with Crippen LogP contribution in [-0.2, 0) is 0 Å². The van der Waals surface area contributed by atoms with Crippen molar-refractivity contribution < 1.29 is 9.13 Å². The third-order valence-electron chi connectivity index (χ3n) is 3.24. The number of rotatable bonds is 4. The van der Waals surface area contributed by atoms with Gasteiger partial charge >= 0.3 is 0 Å². The van der Waals surface area contributed by atoms with Crippen LogP contribution in [0.5, 0.6) is 5.75 Å². The molecule has 1 fully saturated rings. The first-order valence-electron chi connectivity index (χ1n) is 6.15. The lowest BCUT2D eigenvalue weighted by Gasteiger charge is -2.22. The van der Waals surface area contributed by atoms with Crippen LogP contribution in [0, 0.1) is 11.7 Å². The van der Waals surface area contributed by atoms with Crippen molar-refractivity contribution in [1.82, 2.24) is 0 Å². The molecule has 5 heteroatoms. The fraction of sp³-hybridized carbons (Fsp3) is 0.538. The number of halogens is 1. The summed E-state index contributed by atoms with van der Waals surface area (Å²) in [5.41, 5.74) is 6.44. The average molecular weight is 270 g/mol. The van der Waals surface area contributed by atoms with Gasteiger partial charge < -0.3 is 15.8 Å². The summed E-state index contributed by atoms with van der Waals surface area (Å²) in [4.78, 5) is 0. The number of benzene rings is 1. The Morgan fingerprint density at radius 1 is 1.44 bits per heavy atom. The molecule has 1 aromatic rings. The maximum Gasteiger partial charge on any atom is 0.148 e. The zero-order chi connectivity index (χ0) is 13.0. The molecule has 1 aliphatic heterocycles. The van der Waals surface area contributed by atoms with Crippen LogP contribution in [0.25, 0.3) is 0 Å². The number of thioether (sulfide) groups is 1. The molecule has 1 aliphatic rings. The molecule has 1 saturated heterocycles. The number of anilines is 2. The van der Waals surface area contributed by atoms with Gasteiger partial charge in [-0.25, -0.2) is 4.39 Å². The molecule has 3 nitrogen and oxygen atoms in total. The predicted molar refractivity (Wildman–Crippen MR) is 75.9 cm³/mol. The third kappa shape index (κ3) is 3.22. The first-order valence-corrected chi connectivity index (χ1v) is 7.31. The van der Waals surface area contributed by atoms with Gasteiger partial charge in [0.2, 0.25) is 0 Å². The summed E-state index contributed by atoms with van der Waals surface area (Å²) in [7, 11) is 1.53. The van der Waals surface area contributed by atoms with E-state index in [1.165, 1.54) is 37.5 Å². The molecule has 0 unspecified atom stereocenters. The Morgan fingerprint density at radius 2 is 2.17 bits per heavy atom. The van der Waals surface area contributed by atoms with E-state index in [1.807, 2.05) is 11.8 Å². The summed E-state index contributed by atoms with van der Waals surface area (Å²) < 4.78 is 18.8. The summed E-state index contributed by atoms with van der Waals surface area (Å²) >= 11 is 1.99. The Balaban J connectivity index is 1.99. The van der Waals surface area contributed by atoms with Crippen molar-refractivity contribution in [1.29, 1.82) is 0 Å². The number of nitrogens with two attached hydrogens (primary N) is 1. The molecule has 0 spiro atoms. The standard InChI is InChI=1S/C13H19FN2OS/c1-17-13-7-12(10(14)6-11(13)15)16-8-9-2-4-18-5-3-9/h6-7,9,16H,2-5,8,15H2,1H3. The molecule has 0 aromatic heterocycles. The van der Waals surface area contributed by atoms with Gasteiger partial charge in [-0.15, -0.1) is 0 Å². The van der Waals surface area contributed by atoms with E-state index in [1.54, 1.807) is 6.07 Å². The highest BCUT2D eigenvalue weighted by Crippen LogP contribution is 2.29. The van der Waals surface area contributed by atoms with Crippen LogP contribution < -0.4 is 15.8 Å². The molecule has 1 aromatic carbocycles. The van der Waals surface area contributed by atoms with Crippen molar-refractivity contribution in [2.75, 3.05) is 36.2 Å². The van der Waals surface area contributed by atoms with Crippen LogP contribution in [0.3, 0.4) is 0 Å². The minimum absolute atomic E-state index is 0.321. The molecule has 0 bridgehead atoms. The fourth-order valence-electron chi connectivity index (χ4n) is 2.09. The quantitative estimate of drug-likeness (QED) is 0.826. The second-order valence-corrected chi connectivity index (χ2v) is 5.74. The minimum atomic E-state index is -0.321. The van der Waals surface area contributed by atoms with Gasteiger partial charge in [0.05, 0.1) is 18.5 Å². The highest BCUT2D eigenvalue weighted by molar-refractivity contribution is 7.99. The Labute approximate surface area is 111 Å². The predicted octanol–water partition coefficient (Wildman–Crippen LogP) is 2.97. The Morgan fingerprint density at radius 3 is 2.83 bits per heavy atom. The summed E-state index contributed by atoms with van der Waals surface area (Å²) in [6.07, 6.45) is 2.40. The highest BCUT2D eigenvalue weighted by Gasteiger charge is 2.15. The second kappa shape index (κ2) is 6.18. The summed E-state index contributed by atoms with van der Waals surface area (Å²) in [6, 6.07) is 2.93. The summed E-state index contributed by atoms with van der Waals surface area (Å²) in [6.45, 7) is 0.810. The summed E-state index contributed by atoms with van der Waals surface area (Å²) in [5.74, 6) is 3.24. The van der Waals surface area contributed by atoms with Crippen molar-refractivity contribution in [3.05, 3.63) is 17.9 Å². The van der Waals surface area contributed by atoms with Crippen LogP contribution >= 0.6 is 11.8 Å². The lowest BCUT2D eigenvalue weighted by Crippen LogP contribution is -2.19. The maximum absolute atomic E-state index is 13.7. The topological polar surface area (TPSA) is 47.3 Å². The molecule has 2 rings (SSSR count). The van der Waals surface area contributed by atoms with E-state index in [0.29, 0.717) is 23.0 Å².